The lowest BCUT2D eigenvalue weighted by atomic mass is 9.88. The lowest BCUT2D eigenvalue weighted by molar-refractivity contribution is -0.146. The van der Waals surface area contributed by atoms with Gasteiger partial charge in [-0.1, -0.05) is 103 Å². The van der Waals surface area contributed by atoms with Crippen molar-refractivity contribution >= 4 is 79.1 Å². The van der Waals surface area contributed by atoms with Crippen molar-refractivity contribution in [1.29, 1.82) is 0 Å². The van der Waals surface area contributed by atoms with Crippen LogP contribution in [0.4, 0.5) is 21.0 Å². The second kappa shape index (κ2) is 34.6. The molecule has 0 bridgehead atoms. The zero-order chi connectivity index (χ0) is 71.6. The summed E-state index contributed by atoms with van der Waals surface area (Å²) in [7, 11) is -8.30. The van der Waals surface area contributed by atoms with Gasteiger partial charge in [-0.05, 0) is 156 Å². The van der Waals surface area contributed by atoms with Crippen molar-refractivity contribution in [3.8, 4) is 0 Å². The van der Waals surface area contributed by atoms with Gasteiger partial charge in [-0.2, -0.15) is 0 Å². The van der Waals surface area contributed by atoms with E-state index in [0.717, 1.165) is 57.8 Å². The Balaban J connectivity index is 0.000000336. The summed E-state index contributed by atoms with van der Waals surface area (Å²) in [6.45, 7) is 32.5. The number of hydrogen-bond donors (Lipinski definition) is 9. The van der Waals surface area contributed by atoms with Gasteiger partial charge in [0.25, 0.3) is 31.9 Å². The second-order valence-electron chi connectivity index (χ2n) is 28.7. The van der Waals surface area contributed by atoms with Crippen LogP contribution in [0, 0.1) is 35.5 Å². The van der Waals surface area contributed by atoms with Gasteiger partial charge in [0.15, 0.2) is 0 Å². The number of nitrogens with two attached hydrogens (primary N) is 1. The minimum atomic E-state index is -4.31. The van der Waals surface area contributed by atoms with E-state index in [9.17, 15) is 60.3 Å². The Hall–Kier alpha value is -7.26. The molecule has 6 atom stereocenters. The third-order valence-electron chi connectivity index (χ3n) is 16.4. The van der Waals surface area contributed by atoms with E-state index in [4.69, 9.17) is 15.2 Å². The van der Waals surface area contributed by atoms with E-state index >= 15 is 0 Å². The minimum absolute atomic E-state index is 0.0245. The van der Waals surface area contributed by atoms with Gasteiger partial charge in [-0.15, -0.1) is 13.2 Å². The summed E-state index contributed by atoms with van der Waals surface area (Å²) in [6.07, 6.45) is 12.7. The van der Waals surface area contributed by atoms with E-state index in [0.29, 0.717) is 36.8 Å². The fourth-order valence-electron chi connectivity index (χ4n) is 11.4. The highest BCUT2D eigenvalue weighted by molar-refractivity contribution is 7.90. The molecule has 0 heterocycles. The van der Waals surface area contributed by atoms with Gasteiger partial charge in [-0.3, -0.25) is 28.8 Å². The molecule has 6 rings (SSSR count). The molecule has 0 unspecified atom stereocenters. The van der Waals surface area contributed by atoms with Crippen LogP contribution in [0.3, 0.4) is 0 Å². The number of amides is 7. The number of ether oxygens (including phenoxy) is 2. The molecule has 27 heteroatoms. The van der Waals surface area contributed by atoms with Crippen molar-refractivity contribution in [3.63, 3.8) is 0 Å². The molecule has 7 amide bonds. The van der Waals surface area contributed by atoms with E-state index in [2.05, 4.69) is 49.2 Å². The highest BCUT2D eigenvalue weighted by Gasteiger charge is 2.61. The Morgan fingerprint density at radius 1 is 0.589 bits per heavy atom. The predicted molar refractivity (Wildman–Crippen MR) is 365 cm³/mol. The molecule has 4 aliphatic carbocycles. The maximum absolute atomic E-state index is 14.0. The summed E-state index contributed by atoms with van der Waals surface area (Å²) in [4.78, 5) is 105. The van der Waals surface area contributed by atoms with Gasteiger partial charge >= 0.3 is 18.2 Å². The normalized spacial score (nSPS) is 20.3. The molecule has 4 saturated carbocycles. The van der Waals surface area contributed by atoms with Crippen molar-refractivity contribution in [2.24, 2.45) is 41.2 Å². The molecule has 0 aliphatic heterocycles. The first kappa shape index (κ1) is 80.2. The zero-order valence-electron chi connectivity index (χ0n) is 58.2. The van der Waals surface area contributed by atoms with Crippen LogP contribution in [-0.2, 0) is 58.3 Å². The summed E-state index contributed by atoms with van der Waals surface area (Å²) >= 11 is 0. The Morgan fingerprint density at radius 2 is 0.968 bits per heavy atom. The first-order chi connectivity index (χ1) is 44.1. The average molecular weight is 1370 g/mol. The smallest absolute Gasteiger partial charge is 0.408 e. The highest BCUT2D eigenvalue weighted by atomic mass is 32.2. The zero-order valence-corrected chi connectivity index (χ0v) is 59.9. The van der Waals surface area contributed by atoms with Crippen LogP contribution in [0.2, 0.25) is 0 Å². The monoisotopic (exact) mass is 1370 g/mol. The molecule has 4 aliphatic rings. The van der Waals surface area contributed by atoms with E-state index in [-0.39, 0.29) is 71.0 Å². The van der Waals surface area contributed by atoms with Crippen molar-refractivity contribution in [2.45, 2.75) is 230 Å². The van der Waals surface area contributed by atoms with Gasteiger partial charge in [0, 0.05) is 37.0 Å². The molecule has 25 nitrogen and oxygen atoms in total. The number of hydrogen-bond acceptors (Lipinski definition) is 17. The van der Waals surface area contributed by atoms with Gasteiger partial charge < -0.3 is 56.7 Å². The Kier molecular flexibility index (Phi) is 29.2. The maximum Gasteiger partial charge on any atom is 0.408 e. The van der Waals surface area contributed by atoms with Crippen molar-refractivity contribution in [1.82, 2.24) is 35.2 Å². The number of benzene rings is 2. The molecule has 2 aromatic carbocycles. The molecule has 4 fully saturated rings. The number of carboxylic acids is 1. The quantitative estimate of drug-likeness (QED) is 0.0378. The average Bonchev–Trinajstić information content (AvgIpc) is 1.59. The summed E-state index contributed by atoms with van der Waals surface area (Å²) in [5.41, 5.74) is 2.52. The van der Waals surface area contributed by atoms with Crippen LogP contribution in [0.15, 0.2) is 83.6 Å². The first-order valence-electron chi connectivity index (χ1n) is 33.1. The standard InChI is InChI=1S/C34H53N5O7S.C19H34N2O5.C15H21N3O3S/c1-9-25-19-34(25,31(42)38-47(44,45)27-18-14-13-17-26(27)35-23(4)5)37-28(40)21-39(20-24-15-11-10-12-16-24)30(41)29(22(2)3)36-32(43)46-33(6,7)8;1-13(2)16(20-18(25)26-19(3,4)5)17(24)21(12-15(22)23)11-14-9-7-6-8-10-14;1-4-11-9-15(11,16)14(19)18-22(20,21)13-8-6-5-7-12(13)17-10(2)3/h9,13-14,17-18,22-25,29,35H,1,10-12,15-16,19-21H2,2-8H3,(H,36,43)(H,37,40)(H,38,42);13-14,16H,6-12H2,1-5H3,(H,20,25)(H,22,23);4-8,10-11,17H,1,9,16H2,2-3H3,(H,18,19)/t25-,29+,34-;16-;11-,15-/m101/s1. The number of nitrogens with zero attached hydrogens (tertiary/aromatic N) is 2. The molecule has 0 spiro atoms. The van der Waals surface area contributed by atoms with Gasteiger partial charge in [-0.25, -0.2) is 35.9 Å². The molecule has 532 valence electrons. The topological polar surface area (TPSA) is 360 Å². The number of alkyl carbamates (subject to hydrolysis) is 2. The summed E-state index contributed by atoms with van der Waals surface area (Å²) in [6, 6.07) is 10.9. The maximum atomic E-state index is 14.0. The number of carbonyl (C=O) groups is 8. The largest absolute Gasteiger partial charge is 0.480 e. The summed E-state index contributed by atoms with van der Waals surface area (Å²) in [5.74, 6) is -4.73. The molecule has 0 radical (unpaired) electrons. The summed E-state index contributed by atoms with van der Waals surface area (Å²) in [5, 5.41) is 23.4. The molecule has 0 aromatic heterocycles. The SMILES string of the molecule is C=C[C@@H]1C[C@]1(N)C(=O)NS(=O)(=O)c1ccccc1NC(C)C.C=C[C@@H]1C[C@]1(NC(=O)CN(CC1CCCCC1)C(=O)[C@@H](NC(=O)OC(C)(C)C)C(C)C)C(=O)NS(=O)(=O)c1ccccc1NC(C)C.CC(C)[C@H](NC(=O)OC(C)(C)C)C(=O)N(CC(=O)O)CC1CCCCC1. The Bertz CT molecular complexity index is 3240. The van der Waals surface area contributed by atoms with Crippen LogP contribution in [-0.4, -0.2) is 152 Å². The number of nitrogens with one attached hydrogen (secondary N) is 7. The van der Waals surface area contributed by atoms with Crippen LogP contribution in [0.1, 0.15) is 174 Å². The first-order valence-corrected chi connectivity index (χ1v) is 36.0. The number of sulfonamides is 2. The molecule has 2 aromatic rings. The third kappa shape index (κ3) is 25.0. The Labute approximate surface area is 563 Å². The highest BCUT2D eigenvalue weighted by Crippen LogP contribution is 2.45. The molecular formula is C68H108N10O15S2. The number of carbonyl (C=O) groups excluding carboxylic acids is 7. The van der Waals surface area contributed by atoms with Gasteiger partial charge in [0.2, 0.25) is 17.7 Å². The van der Waals surface area contributed by atoms with E-state index in [1.54, 1.807) is 97.9 Å². The fourth-order valence-corrected chi connectivity index (χ4v) is 13.9. The second-order valence-corrected chi connectivity index (χ2v) is 32.0. The van der Waals surface area contributed by atoms with Gasteiger partial charge in [0.1, 0.15) is 50.7 Å². The molecular weight excluding hydrogens is 1260 g/mol. The molecule has 0 saturated heterocycles. The van der Waals surface area contributed by atoms with Crippen LogP contribution >= 0.6 is 0 Å². The number of rotatable bonds is 27. The summed E-state index contributed by atoms with van der Waals surface area (Å²) < 4.78 is 66.6. The van der Waals surface area contributed by atoms with Crippen LogP contribution in [0.25, 0.3) is 0 Å². The van der Waals surface area contributed by atoms with Crippen LogP contribution in [0.5, 0.6) is 0 Å². The predicted octanol–water partition coefficient (Wildman–Crippen LogP) is 8.58. The fraction of sp³-hybridized carbons (Fsp3) is 0.647. The minimum Gasteiger partial charge on any atom is -0.480 e. The molecule has 95 heavy (non-hydrogen) atoms. The van der Waals surface area contributed by atoms with Crippen molar-refractivity contribution < 1.29 is 69.8 Å². The van der Waals surface area contributed by atoms with E-state index in [1.165, 1.54) is 34.4 Å². The van der Waals surface area contributed by atoms with Crippen LogP contribution < -0.4 is 41.8 Å². The van der Waals surface area contributed by atoms with Crippen molar-refractivity contribution in [3.05, 3.63) is 73.8 Å². The number of para-hydroxylation sites is 2. The van der Waals surface area contributed by atoms with E-state index < -0.39 is 102 Å². The third-order valence-corrected chi connectivity index (χ3v) is 19.2. The lowest BCUT2D eigenvalue weighted by Crippen LogP contribution is -2.57. The van der Waals surface area contributed by atoms with Crippen molar-refractivity contribution in [2.75, 3.05) is 36.8 Å². The number of aliphatic carboxylic acids is 1. The molecule has 10 N–H and O–H groups in total. The number of anilines is 2. The van der Waals surface area contributed by atoms with Gasteiger partial charge in [0.05, 0.1) is 17.9 Å². The lowest BCUT2D eigenvalue weighted by Gasteiger charge is -2.34. The number of carboxylic acid groups (broad SMARTS) is 1. The van der Waals surface area contributed by atoms with E-state index in [1.807, 2.05) is 41.5 Å². The Morgan fingerprint density at radius 3 is 1.31 bits per heavy atom.